The Kier molecular flexibility index (Phi) is 5.69. The van der Waals surface area contributed by atoms with Gasteiger partial charge in [0.25, 0.3) is 5.56 Å². The van der Waals surface area contributed by atoms with Crippen molar-refractivity contribution in [2.75, 3.05) is 20.2 Å². The van der Waals surface area contributed by atoms with Crippen LogP contribution in [0.15, 0.2) is 34.0 Å². The molecular formula is C21H28N4O4S. The van der Waals surface area contributed by atoms with Crippen LogP contribution in [0.2, 0.25) is 0 Å². The molecule has 9 heteroatoms. The van der Waals surface area contributed by atoms with E-state index in [4.69, 9.17) is 9.72 Å². The van der Waals surface area contributed by atoms with Crippen LogP contribution in [0.1, 0.15) is 49.8 Å². The minimum Gasteiger partial charge on any atom is -0.497 e. The van der Waals surface area contributed by atoms with Gasteiger partial charge < -0.3 is 9.72 Å². The van der Waals surface area contributed by atoms with Crippen LogP contribution in [-0.4, -0.2) is 53.8 Å². The lowest BCUT2D eigenvalue weighted by Gasteiger charge is -2.31. The SMILES string of the molecule is COc1ccc(S(=O)(=O)N2CCCC2c2nc3c(c(=O)[nH]2)CCN(C(C)C)C3)cc1. The molecule has 1 saturated heterocycles. The van der Waals surface area contributed by atoms with Crippen LogP contribution in [0, 0.1) is 0 Å². The Morgan fingerprint density at radius 1 is 1.20 bits per heavy atom. The fourth-order valence-corrected chi connectivity index (χ4v) is 5.92. The minimum atomic E-state index is -3.71. The highest BCUT2D eigenvalue weighted by Gasteiger charge is 2.38. The van der Waals surface area contributed by atoms with E-state index < -0.39 is 16.1 Å². The van der Waals surface area contributed by atoms with Gasteiger partial charge in [0.1, 0.15) is 11.6 Å². The number of H-pyrrole nitrogens is 1. The number of rotatable bonds is 5. The molecule has 30 heavy (non-hydrogen) atoms. The lowest BCUT2D eigenvalue weighted by molar-refractivity contribution is 0.198. The van der Waals surface area contributed by atoms with Crippen LogP contribution in [0.3, 0.4) is 0 Å². The van der Waals surface area contributed by atoms with Gasteiger partial charge >= 0.3 is 0 Å². The van der Waals surface area contributed by atoms with Gasteiger partial charge in [0.05, 0.1) is 23.7 Å². The zero-order chi connectivity index (χ0) is 21.5. The number of benzene rings is 1. The normalized spacial score (nSPS) is 20.5. The Hall–Kier alpha value is -2.23. The number of fused-ring (bicyclic) bond motifs is 1. The van der Waals surface area contributed by atoms with E-state index in [1.807, 2.05) is 0 Å². The zero-order valence-corrected chi connectivity index (χ0v) is 18.4. The summed E-state index contributed by atoms with van der Waals surface area (Å²) in [6.07, 6.45) is 2.01. The molecule has 3 heterocycles. The van der Waals surface area contributed by atoms with Gasteiger partial charge in [0, 0.05) is 31.2 Å². The maximum atomic E-state index is 13.3. The fraction of sp³-hybridized carbons (Fsp3) is 0.524. The first kappa shape index (κ1) is 21.0. The number of hydrogen-bond donors (Lipinski definition) is 1. The molecule has 0 aliphatic carbocycles. The van der Waals surface area contributed by atoms with Crippen molar-refractivity contribution in [1.29, 1.82) is 0 Å². The first-order chi connectivity index (χ1) is 14.3. The average Bonchev–Trinajstić information content (AvgIpc) is 3.24. The first-order valence-electron chi connectivity index (χ1n) is 10.3. The highest BCUT2D eigenvalue weighted by molar-refractivity contribution is 7.89. The quantitative estimate of drug-likeness (QED) is 0.777. The number of nitrogens with zero attached hydrogens (tertiary/aromatic N) is 3. The van der Waals surface area contributed by atoms with Gasteiger partial charge in [-0.2, -0.15) is 4.31 Å². The molecule has 1 atom stereocenters. The van der Waals surface area contributed by atoms with Gasteiger partial charge in [-0.25, -0.2) is 13.4 Å². The number of ether oxygens (including phenoxy) is 1. The molecule has 1 aromatic heterocycles. The summed E-state index contributed by atoms with van der Waals surface area (Å²) in [6.45, 7) is 6.09. The molecule has 1 aromatic carbocycles. The summed E-state index contributed by atoms with van der Waals surface area (Å²) in [5, 5.41) is 0. The molecule has 0 saturated carbocycles. The third kappa shape index (κ3) is 3.77. The Balaban J connectivity index is 1.67. The molecule has 1 unspecified atom stereocenters. The lowest BCUT2D eigenvalue weighted by atomic mass is 10.0. The highest BCUT2D eigenvalue weighted by Crippen LogP contribution is 2.35. The molecule has 2 aliphatic rings. The van der Waals surface area contributed by atoms with Gasteiger partial charge in [-0.05, 0) is 57.4 Å². The van der Waals surface area contributed by atoms with Gasteiger partial charge in [0.2, 0.25) is 10.0 Å². The van der Waals surface area contributed by atoms with Crippen LogP contribution in [0.4, 0.5) is 0 Å². The van der Waals surface area contributed by atoms with E-state index in [1.54, 1.807) is 31.4 Å². The maximum absolute atomic E-state index is 13.3. The number of nitrogens with one attached hydrogen (secondary N) is 1. The molecule has 1 N–H and O–H groups in total. The zero-order valence-electron chi connectivity index (χ0n) is 17.6. The highest BCUT2D eigenvalue weighted by atomic mass is 32.2. The Morgan fingerprint density at radius 2 is 1.93 bits per heavy atom. The van der Waals surface area contributed by atoms with E-state index in [0.29, 0.717) is 43.5 Å². The number of aromatic amines is 1. The third-order valence-corrected chi connectivity index (χ3v) is 7.96. The predicted octanol–water partition coefficient (Wildman–Crippen LogP) is 2.07. The summed E-state index contributed by atoms with van der Waals surface area (Å²) in [4.78, 5) is 22.8. The lowest BCUT2D eigenvalue weighted by Crippen LogP contribution is -2.40. The topological polar surface area (TPSA) is 95.6 Å². The van der Waals surface area contributed by atoms with Crippen LogP contribution >= 0.6 is 0 Å². The van der Waals surface area contributed by atoms with Crippen molar-refractivity contribution >= 4 is 10.0 Å². The largest absolute Gasteiger partial charge is 0.497 e. The molecular weight excluding hydrogens is 404 g/mol. The molecule has 0 radical (unpaired) electrons. The van der Waals surface area contributed by atoms with Crippen molar-refractivity contribution in [2.45, 2.75) is 56.6 Å². The second-order valence-electron chi connectivity index (χ2n) is 8.14. The second-order valence-corrected chi connectivity index (χ2v) is 10.0. The van der Waals surface area contributed by atoms with Crippen LogP contribution in [-0.2, 0) is 23.0 Å². The molecule has 0 bridgehead atoms. The van der Waals surface area contributed by atoms with E-state index in [0.717, 1.165) is 24.2 Å². The van der Waals surface area contributed by atoms with Gasteiger partial charge in [-0.3, -0.25) is 9.69 Å². The standard InChI is InChI=1S/C21H28N4O4S/c1-14(2)24-12-10-17-18(13-24)22-20(23-21(17)26)19-5-4-11-25(19)30(27,28)16-8-6-15(29-3)7-9-16/h6-9,14,19H,4-5,10-13H2,1-3H3,(H,22,23,26). The van der Waals surface area contributed by atoms with Crippen LogP contribution in [0.25, 0.3) is 0 Å². The first-order valence-corrected chi connectivity index (χ1v) is 11.8. The maximum Gasteiger partial charge on any atom is 0.254 e. The van der Waals surface area contributed by atoms with Crippen molar-refractivity contribution in [2.24, 2.45) is 0 Å². The predicted molar refractivity (Wildman–Crippen MR) is 113 cm³/mol. The van der Waals surface area contributed by atoms with E-state index >= 15 is 0 Å². The van der Waals surface area contributed by atoms with E-state index in [1.165, 1.54) is 4.31 Å². The summed E-state index contributed by atoms with van der Waals surface area (Å²) < 4.78 is 33.2. The minimum absolute atomic E-state index is 0.146. The van der Waals surface area contributed by atoms with Crippen molar-refractivity contribution < 1.29 is 13.2 Å². The third-order valence-electron chi connectivity index (χ3n) is 6.04. The van der Waals surface area contributed by atoms with Gasteiger partial charge in [0.15, 0.2) is 0 Å². The van der Waals surface area contributed by atoms with Crippen LogP contribution in [0.5, 0.6) is 5.75 Å². The van der Waals surface area contributed by atoms with Gasteiger partial charge in [-0.15, -0.1) is 0 Å². The van der Waals surface area contributed by atoms with E-state index in [-0.39, 0.29) is 10.5 Å². The van der Waals surface area contributed by atoms with E-state index in [9.17, 15) is 13.2 Å². The molecule has 8 nitrogen and oxygen atoms in total. The summed E-state index contributed by atoms with van der Waals surface area (Å²) >= 11 is 0. The summed E-state index contributed by atoms with van der Waals surface area (Å²) in [6, 6.07) is 6.26. The molecule has 0 amide bonds. The number of aromatic nitrogens is 2. The molecule has 1 fully saturated rings. The average molecular weight is 433 g/mol. The summed E-state index contributed by atoms with van der Waals surface area (Å²) in [5.74, 6) is 1.04. The number of hydrogen-bond acceptors (Lipinski definition) is 6. The van der Waals surface area contributed by atoms with Crippen molar-refractivity contribution in [1.82, 2.24) is 19.2 Å². The smallest absolute Gasteiger partial charge is 0.254 e. The Morgan fingerprint density at radius 3 is 2.60 bits per heavy atom. The molecule has 4 rings (SSSR count). The monoisotopic (exact) mass is 432 g/mol. The van der Waals surface area contributed by atoms with Crippen molar-refractivity contribution in [3.8, 4) is 5.75 Å². The van der Waals surface area contributed by atoms with Gasteiger partial charge in [-0.1, -0.05) is 0 Å². The van der Waals surface area contributed by atoms with Crippen molar-refractivity contribution in [3.63, 3.8) is 0 Å². The van der Waals surface area contributed by atoms with Crippen molar-refractivity contribution in [3.05, 3.63) is 51.7 Å². The molecule has 2 aromatic rings. The molecule has 2 aliphatic heterocycles. The summed E-state index contributed by atoms with van der Waals surface area (Å²) in [7, 11) is -2.17. The Bertz CT molecular complexity index is 1080. The van der Waals surface area contributed by atoms with Crippen LogP contribution < -0.4 is 10.3 Å². The fourth-order valence-electron chi connectivity index (χ4n) is 4.26. The Labute approximate surface area is 176 Å². The van der Waals surface area contributed by atoms with E-state index in [2.05, 4.69) is 23.7 Å². The molecule has 162 valence electrons. The number of methoxy groups -OCH3 is 1. The second kappa shape index (κ2) is 8.13. The summed E-state index contributed by atoms with van der Waals surface area (Å²) in [5.41, 5.74) is 1.34. The number of sulfonamides is 1. The molecule has 0 spiro atoms.